The highest BCUT2D eigenvalue weighted by molar-refractivity contribution is 5.96. The van der Waals surface area contributed by atoms with Crippen molar-refractivity contribution in [3.8, 4) is 0 Å². The molecule has 0 fully saturated rings. The molecule has 0 saturated carbocycles. The van der Waals surface area contributed by atoms with E-state index in [1.54, 1.807) is 25.1 Å². The summed E-state index contributed by atoms with van der Waals surface area (Å²) in [6.45, 7) is 3.81. The second kappa shape index (κ2) is 7.58. The van der Waals surface area contributed by atoms with Crippen molar-refractivity contribution < 1.29 is 14.3 Å². The topological polar surface area (TPSA) is 55.4 Å². The van der Waals surface area contributed by atoms with Crippen molar-refractivity contribution >= 4 is 17.6 Å². The number of nitrogens with one attached hydrogen (secondary N) is 1. The fraction of sp³-hybridized carbons (Fsp3) is 0.263. The molecular weight excluding hydrogens is 290 g/mol. The Morgan fingerprint density at radius 2 is 1.78 bits per heavy atom. The molecule has 1 N–H and O–H groups in total. The van der Waals surface area contributed by atoms with Gasteiger partial charge in [-0.2, -0.15) is 0 Å². The second-order valence-electron chi connectivity index (χ2n) is 5.53. The van der Waals surface area contributed by atoms with Crippen molar-refractivity contribution in [2.75, 3.05) is 12.4 Å². The molecule has 2 aromatic rings. The van der Waals surface area contributed by atoms with Crippen LogP contribution >= 0.6 is 0 Å². The van der Waals surface area contributed by atoms with Crippen molar-refractivity contribution in [2.45, 2.75) is 26.2 Å². The molecule has 4 heteroatoms. The Morgan fingerprint density at radius 3 is 2.43 bits per heavy atom. The van der Waals surface area contributed by atoms with Crippen molar-refractivity contribution in [1.82, 2.24) is 0 Å². The maximum absolute atomic E-state index is 12.3. The fourth-order valence-electron chi connectivity index (χ4n) is 2.48. The molecule has 120 valence electrons. The molecule has 0 aromatic heterocycles. The lowest BCUT2D eigenvalue weighted by Gasteiger charge is -2.14. The summed E-state index contributed by atoms with van der Waals surface area (Å²) >= 11 is 0. The van der Waals surface area contributed by atoms with Crippen LogP contribution in [0.3, 0.4) is 0 Å². The molecule has 1 unspecified atom stereocenters. The van der Waals surface area contributed by atoms with Gasteiger partial charge in [-0.25, -0.2) is 4.79 Å². The first-order chi connectivity index (χ1) is 11.0. The van der Waals surface area contributed by atoms with Crippen LogP contribution in [0.25, 0.3) is 0 Å². The van der Waals surface area contributed by atoms with Crippen molar-refractivity contribution in [3.05, 3.63) is 65.2 Å². The molecule has 0 spiro atoms. The number of esters is 1. The van der Waals surface area contributed by atoms with Crippen LogP contribution in [0.2, 0.25) is 0 Å². The monoisotopic (exact) mass is 311 g/mol. The van der Waals surface area contributed by atoms with Gasteiger partial charge in [-0.05, 0) is 36.1 Å². The minimum absolute atomic E-state index is 0.0773. The second-order valence-corrected chi connectivity index (χ2v) is 5.53. The Labute approximate surface area is 136 Å². The van der Waals surface area contributed by atoms with Gasteiger partial charge in [-0.15, -0.1) is 0 Å². The van der Waals surface area contributed by atoms with Gasteiger partial charge < -0.3 is 10.1 Å². The summed E-state index contributed by atoms with van der Waals surface area (Å²) in [7, 11) is 1.34. The Balaban J connectivity index is 2.07. The molecule has 23 heavy (non-hydrogen) atoms. The fourth-order valence-corrected chi connectivity index (χ4v) is 2.48. The van der Waals surface area contributed by atoms with Gasteiger partial charge in [-0.1, -0.05) is 43.3 Å². The van der Waals surface area contributed by atoms with E-state index in [0.717, 1.165) is 5.56 Å². The van der Waals surface area contributed by atoms with Gasteiger partial charge in [0.25, 0.3) is 0 Å². The van der Waals surface area contributed by atoms with E-state index >= 15 is 0 Å². The molecule has 1 atom stereocenters. The number of methoxy groups -OCH3 is 1. The number of benzene rings is 2. The number of carbonyl (C=O) groups is 2. The maximum atomic E-state index is 12.3. The number of anilines is 1. The molecule has 0 heterocycles. The molecule has 0 radical (unpaired) electrons. The molecular formula is C19H21NO3. The highest BCUT2D eigenvalue weighted by Gasteiger charge is 2.15. The molecule has 4 nitrogen and oxygen atoms in total. The Bertz CT molecular complexity index is 695. The zero-order valence-corrected chi connectivity index (χ0v) is 13.6. The van der Waals surface area contributed by atoms with E-state index in [1.165, 1.54) is 7.11 Å². The summed E-state index contributed by atoms with van der Waals surface area (Å²) in [5.74, 6) is -0.358. The van der Waals surface area contributed by atoms with Crippen LogP contribution in [0.4, 0.5) is 5.69 Å². The molecule has 0 aliphatic rings. The average Bonchev–Trinajstić information content (AvgIpc) is 2.56. The normalized spacial score (nSPS) is 11.6. The highest BCUT2D eigenvalue weighted by Crippen LogP contribution is 2.22. The molecule has 2 aromatic carbocycles. The van der Waals surface area contributed by atoms with Crippen LogP contribution in [-0.4, -0.2) is 19.0 Å². The first-order valence-electron chi connectivity index (χ1n) is 7.55. The molecule has 0 saturated heterocycles. The summed E-state index contributed by atoms with van der Waals surface area (Å²) in [6, 6.07) is 15.1. The predicted molar refractivity (Wildman–Crippen MR) is 90.6 cm³/mol. The van der Waals surface area contributed by atoms with E-state index in [1.807, 2.05) is 37.3 Å². The smallest absolute Gasteiger partial charge is 0.338 e. The lowest BCUT2D eigenvalue weighted by molar-refractivity contribution is -0.116. The summed E-state index contributed by atoms with van der Waals surface area (Å²) < 4.78 is 4.75. The Hall–Kier alpha value is -2.62. The van der Waals surface area contributed by atoms with Crippen molar-refractivity contribution in [3.63, 3.8) is 0 Å². The van der Waals surface area contributed by atoms with Crippen LogP contribution in [0.1, 0.15) is 40.7 Å². The lowest BCUT2D eigenvalue weighted by atomic mass is 9.97. The SMILES string of the molecule is COC(=O)c1cccc(NC(=O)CC(C)c2ccccc2)c1C. The van der Waals surface area contributed by atoms with Crippen LogP contribution < -0.4 is 5.32 Å². The van der Waals surface area contributed by atoms with Crippen molar-refractivity contribution in [1.29, 1.82) is 0 Å². The van der Waals surface area contributed by atoms with E-state index < -0.39 is 5.97 Å². The molecule has 0 aliphatic carbocycles. The van der Waals surface area contributed by atoms with Gasteiger partial charge in [0.1, 0.15) is 0 Å². The summed E-state index contributed by atoms with van der Waals surface area (Å²) in [6.07, 6.45) is 0.381. The molecule has 2 rings (SSSR count). The van der Waals surface area contributed by atoms with Crippen LogP contribution in [-0.2, 0) is 9.53 Å². The quantitative estimate of drug-likeness (QED) is 0.852. The van der Waals surface area contributed by atoms with Crippen LogP contribution in [0.5, 0.6) is 0 Å². The zero-order chi connectivity index (χ0) is 16.8. The average molecular weight is 311 g/mol. The summed E-state index contributed by atoms with van der Waals surface area (Å²) in [4.78, 5) is 24.0. The van der Waals surface area contributed by atoms with Gasteiger partial charge >= 0.3 is 5.97 Å². The van der Waals surface area contributed by atoms with E-state index in [9.17, 15) is 9.59 Å². The largest absolute Gasteiger partial charge is 0.465 e. The van der Waals surface area contributed by atoms with E-state index in [-0.39, 0.29) is 11.8 Å². The number of carbonyl (C=O) groups excluding carboxylic acids is 2. The summed E-state index contributed by atoms with van der Waals surface area (Å²) in [5, 5.41) is 2.88. The number of ether oxygens (including phenoxy) is 1. The van der Waals surface area contributed by atoms with Crippen LogP contribution in [0.15, 0.2) is 48.5 Å². The predicted octanol–water partition coefficient (Wildman–Crippen LogP) is 3.91. The molecule has 1 amide bonds. The molecule has 0 bridgehead atoms. The lowest BCUT2D eigenvalue weighted by Crippen LogP contribution is -2.16. The third-order valence-corrected chi connectivity index (χ3v) is 3.87. The summed E-state index contributed by atoms with van der Waals surface area (Å²) in [5.41, 5.74) is 2.93. The van der Waals surface area contributed by atoms with E-state index in [4.69, 9.17) is 4.74 Å². The number of hydrogen-bond acceptors (Lipinski definition) is 3. The van der Waals surface area contributed by atoms with Gasteiger partial charge in [0.2, 0.25) is 5.91 Å². The number of hydrogen-bond donors (Lipinski definition) is 1. The number of rotatable bonds is 5. The number of amides is 1. The standard InChI is InChI=1S/C19H21NO3/c1-13(15-8-5-4-6-9-15)12-18(21)20-17-11-7-10-16(14(17)2)19(22)23-3/h4-11,13H,12H2,1-3H3,(H,20,21). The minimum atomic E-state index is -0.406. The van der Waals surface area contributed by atoms with Crippen LogP contribution in [0, 0.1) is 6.92 Å². The Kier molecular flexibility index (Phi) is 5.52. The molecule has 0 aliphatic heterocycles. The van der Waals surface area contributed by atoms with E-state index in [0.29, 0.717) is 23.2 Å². The van der Waals surface area contributed by atoms with Gasteiger partial charge in [-0.3, -0.25) is 4.79 Å². The first kappa shape index (κ1) is 16.7. The van der Waals surface area contributed by atoms with E-state index in [2.05, 4.69) is 5.32 Å². The van der Waals surface area contributed by atoms with Gasteiger partial charge in [0.05, 0.1) is 12.7 Å². The maximum Gasteiger partial charge on any atom is 0.338 e. The highest BCUT2D eigenvalue weighted by atomic mass is 16.5. The third kappa shape index (κ3) is 4.19. The van der Waals surface area contributed by atoms with Gasteiger partial charge in [0, 0.05) is 12.1 Å². The van der Waals surface area contributed by atoms with Gasteiger partial charge in [0.15, 0.2) is 0 Å². The first-order valence-corrected chi connectivity index (χ1v) is 7.55. The third-order valence-electron chi connectivity index (χ3n) is 3.87. The zero-order valence-electron chi connectivity index (χ0n) is 13.6. The van der Waals surface area contributed by atoms with Crippen molar-refractivity contribution in [2.24, 2.45) is 0 Å². The Morgan fingerprint density at radius 1 is 1.09 bits per heavy atom. The minimum Gasteiger partial charge on any atom is -0.465 e.